The molecule has 0 aliphatic carbocycles. The third kappa shape index (κ3) is 1.70. The molecular weight excluding hydrogens is 134 g/mol. The molecule has 1 aliphatic rings. The Morgan fingerprint density at radius 2 is 2.18 bits per heavy atom. The van der Waals surface area contributed by atoms with Crippen LogP contribution < -0.4 is 0 Å². The Kier molecular flexibility index (Phi) is 2.17. The van der Waals surface area contributed by atoms with Gasteiger partial charge in [-0.2, -0.15) is 0 Å². The molecule has 11 heavy (non-hydrogen) atoms. The highest BCUT2D eigenvalue weighted by atomic mass is 14.7. The average molecular weight is 151 g/mol. The zero-order valence-corrected chi connectivity index (χ0v) is 7.89. The number of rotatable bonds is 1. The van der Waals surface area contributed by atoms with Gasteiger partial charge >= 0.3 is 0 Å². The van der Waals surface area contributed by atoms with Crippen molar-refractivity contribution in [1.82, 2.24) is 0 Å². The molecule has 0 radical (unpaired) electrons. The summed E-state index contributed by atoms with van der Waals surface area (Å²) in [5, 5.41) is 0. The first-order chi connectivity index (χ1) is 5.04. The van der Waals surface area contributed by atoms with Crippen molar-refractivity contribution in [2.45, 2.75) is 34.1 Å². The van der Waals surface area contributed by atoms with Crippen molar-refractivity contribution < 1.29 is 0 Å². The molecule has 0 aromatic rings. The van der Waals surface area contributed by atoms with Gasteiger partial charge in [-0.25, -0.2) is 0 Å². The van der Waals surface area contributed by atoms with E-state index in [9.17, 15) is 0 Å². The first-order valence-electron chi connectivity index (χ1n) is 4.26. The number of aliphatic imine (C=N–C) groups is 1. The van der Waals surface area contributed by atoms with Crippen LogP contribution in [-0.2, 0) is 0 Å². The van der Waals surface area contributed by atoms with Gasteiger partial charge < -0.3 is 0 Å². The SMILES string of the molecule is CC1=CCC(C)(C(C)C)C=N1. The summed E-state index contributed by atoms with van der Waals surface area (Å²) in [4.78, 5) is 4.34. The van der Waals surface area contributed by atoms with Crippen molar-refractivity contribution in [3.63, 3.8) is 0 Å². The minimum Gasteiger partial charge on any atom is -0.266 e. The van der Waals surface area contributed by atoms with E-state index in [1.807, 2.05) is 0 Å². The molecule has 62 valence electrons. The second kappa shape index (κ2) is 2.80. The van der Waals surface area contributed by atoms with Crippen LogP contribution in [0.3, 0.4) is 0 Å². The summed E-state index contributed by atoms with van der Waals surface area (Å²) < 4.78 is 0. The van der Waals surface area contributed by atoms with E-state index in [0.29, 0.717) is 11.3 Å². The second-order valence-electron chi connectivity index (χ2n) is 3.97. The molecule has 0 bridgehead atoms. The number of hydrogen-bond acceptors (Lipinski definition) is 1. The molecule has 0 saturated carbocycles. The Bertz CT molecular complexity index is 201. The van der Waals surface area contributed by atoms with Gasteiger partial charge in [0.2, 0.25) is 0 Å². The van der Waals surface area contributed by atoms with E-state index < -0.39 is 0 Å². The third-order valence-electron chi connectivity index (χ3n) is 2.72. The van der Waals surface area contributed by atoms with Crippen LogP contribution in [0.2, 0.25) is 0 Å². The maximum Gasteiger partial charge on any atom is 0.0329 e. The van der Waals surface area contributed by atoms with E-state index in [2.05, 4.69) is 45.0 Å². The lowest BCUT2D eigenvalue weighted by molar-refractivity contribution is 0.337. The molecule has 0 fully saturated rings. The summed E-state index contributed by atoms with van der Waals surface area (Å²) in [5.74, 6) is 0.676. The van der Waals surface area contributed by atoms with E-state index in [-0.39, 0.29) is 0 Å². The zero-order chi connectivity index (χ0) is 8.48. The zero-order valence-electron chi connectivity index (χ0n) is 7.89. The van der Waals surface area contributed by atoms with Crippen molar-refractivity contribution >= 4 is 6.21 Å². The fraction of sp³-hybridized carbons (Fsp3) is 0.700. The summed E-state index contributed by atoms with van der Waals surface area (Å²) in [7, 11) is 0. The van der Waals surface area contributed by atoms with E-state index in [0.717, 1.165) is 12.1 Å². The minimum absolute atomic E-state index is 0.291. The highest BCUT2D eigenvalue weighted by Crippen LogP contribution is 2.32. The molecule has 0 aromatic carbocycles. The molecule has 0 N–H and O–H groups in total. The van der Waals surface area contributed by atoms with Crippen LogP contribution in [0.15, 0.2) is 16.8 Å². The Labute approximate surface area is 69.2 Å². The average Bonchev–Trinajstić information content (AvgIpc) is 1.95. The molecule has 0 spiro atoms. The maximum atomic E-state index is 4.34. The Morgan fingerprint density at radius 1 is 1.55 bits per heavy atom. The normalized spacial score (nSPS) is 30.8. The fourth-order valence-corrected chi connectivity index (χ4v) is 1.11. The Morgan fingerprint density at radius 3 is 2.55 bits per heavy atom. The summed E-state index contributed by atoms with van der Waals surface area (Å²) in [5.41, 5.74) is 1.45. The number of nitrogens with zero attached hydrogens (tertiary/aromatic N) is 1. The molecule has 1 heteroatoms. The molecule has 1 heterocycles. The van der Waals surface area contributed by atoms with Crippen molar-refractivity contribution in [1.29, 1.82) is 0 Å². The molecule has 0 amide bonds. The molecule has 1 atom stereocenters. The lowest BCUT2D eigenvalue weighted by Gasteiger charge is -2.30. The molecule has 0 saturated heterocycles. The van der Waals surface area contributed by atoms with Gasteiger partial charge in [-0.3, -0.25) is 4.99 Å². The second-order valence-corrected chi connectivity index (χ2v) is 3.97. The third-order valence-corrected chi connectivity index (χ3v) is 2.72. The van der Waals surface area contributed by atoms with E-state index in [4.69, 9.17) is 0 Å². The maximum absolute atomic E-state index is 4.34. The molecule has 1 nitrogen and oxygen atoms in total. The predicted octanol–water partition coefficient (Wildman–Crippen LogP) is 3.03. The van der Waals surface area contributed by atoms with Gasteiger partial charge in [-0.15, -0.1) is 0 Å². The van der Waals surface area contributed by atoms with Crippen molar-refractivity contribution in [3.05, 3.63) is 11.8 Å². The lowest BCUT2D eigenvalue weighted by atomic mass is 9.76. The number of allylic oxidation sites excluding steroid dienone is 2. The van der Waals surface area contributed by atoms with Crippen molar-refractivity contribution in [3.8, 4) is 0 Å². The summed E-state index contributed by atoms with van der Waals surface area (Å²) in [6, 6.07) is 0. The predicted molar refractivity (Wildman–Crippen MR) is 49.8 cm³/mol. The van der Waals surface area contributed by atoms with Gasteiger partial charge in [0.15, 0.2) is 0 Å². The van der Waals surface area contributed by atoms with Gasteiger partial charge in [0.05, 0.1) is 0 Å². The first kappa shape index (κ1) is 8.51. The van der Waals surface area contributed by atoms with E-state index >= 15 is 0 Å². The first-order valence-corrected chi connectivity index (χ1v) is 4.26. The highest BCUT2D eigenvalue weighted by Gasteiger charge is 2.26. The molecule has 0 aromatic heterocycles. The van der Waals surface area contributed by atoms with Crippen LogP contribution in [0.5, 0.6) is 0 Å². The lowest BCUT2D eigenvalue weighted by Crippen LogP contribution is -2.26. The van der Waals surface area contributed by atoms with Gasteiger partial charge in [0.1, 0.15) is 0 Å². The number of hydrogen-bond donors (Lipinski definition) is 0. The van der Waals surface area contributed by atoms with E-state index in [1.165, 1.54) is 0 Å². The molecule has 1 unspecified atom stereocenters. The highest BCUT2D eigenvalue weighted by molar-refractivity contribution is 5.68. The van der Waals surface area contributed by atoms with Crippen LogP contribution in [-0.4, -0.2) is 6.21 Å². The largest absolute Gasteiger partial charge is 0.266 e. The quantitative estimate of drug-likeness (QED) is 0.546. The van der Waals surface area contributed by atoms with Crippen LogP contribution in [0.4, 0.5) is 0 Å². The summed E-state index contributed by atoms with van der Waals surface area (Å²) in [6.45, 7) is 8.82. The minimum atomic E-state index is 0.291. The summed E-state index contributed by atoms with van der Waals surface area (Å²) >= 11 is 0. The fourth-order valence-electron chi connectivity index (χ4n) is 1.11. The molecule has 1 aliphatic heterocycles. The monoisotopic (exact) mass is 151 g/mol. The van der Waals surface area contributed by atoms with Gasteiger partial charge in [-0.1, -0.05) is 26.8 Å². The van der Waals surface area contributed by atoms with Crippen molar-refractivity contribution in [2.24, 2.45) is 16.3 Å². The molecular formula is C10H17N. The Balaban J connectivity index is 2.74. The van der Waals surface area contributed by atoms with Crippen LogP contribution in [0, 0.1) is 11.3 Å². The van der Waals surface area contributed by atoms with Crippen molar-refractivity contribution in [2.75, 3.05) is 0 Å². The standard InChI is InChI=1S/C10H17N/c1-8(2)10(4)6-5-9(3)11-7-10/h5,7-8H,6H2,1-4H3. The van der Waals surface area contributed by atoms with Gasteiger partial charge in [0.25, 0.3) is 0 Å². The Hall–Kier alpha value is -0.590. The van der Waals surface area contributed by atoms with Gasteiger partial charge in [-0.05, 0) is 19.3 Å². The van der Waals surface area contributed by atoms with Crippen LogP contribution in [0.1, 0.15) is 34.1 Å². The summed E-state index contributed by atoms with van der Waals surface area (Å²) in [6.07, 6.45) is 5.47. The topological polar surface area (TPSA) is 12.4 Å². The van der Waals surface area contributed by atoms with Crippen LogP contribution >= 0.6 is 0 Å². The smallest absolute Gasteiger partial charge is 0.0329 e. The van der Waals surface area contributed by atoms with E-state index in [1.54, 1.807) is 0 Å². The van der Waals surface area contributed by atoms with Crippen LogP contribution in [0.25, 0.3) is 0 Å². The molecule has 1 rings (SSSR count). The van der Waals surface area contributed by atoms with Gasteiger partial charge in [0, 0.05) is 17.3 Å².